The molecule has 1 atom stereocenters. The van der Waals surface area contributed by atoms with E-state index in [0.717, 1.165) is 16.7 Å². The number of ether oxygens (including phenoxy) is 1. The van der Waals surface area contributed by atoms with E-state index in [1.165, 1.54) is 11.0 Å². The van der Waals surface area contributed by atoms with Crippen molar-refractivity contribution in [2.45, 2.75) is 38.3 Å². The Morgan fingerprint density at radius 3 is 2.57 bits per heavy atom. The molecule has 4 rings (SSSR count). The molecular formula is C27H24Cl2FNO4. The lowest BCUT2D eigenvalue weighted by Crippen LogP contribution is -2.33. The monoisotopic (exact) mass is 515 g/mol. The molecule has 5 nitrogen and oxygen atoms in total. The summed E-state index contributed by atoms with van der Waals surface area (Å²) >= 11 is 12.2. The van der Waals surface area contributed by atoms with Gasteiger partial charge in [0.1, 0.15) is 17.2 Å². The second-order valence-electron chi connectivity index (χ2n) is 8.94. The summed E-state index contributed by atoms with van der Waals surface area (Å²) in [6, 6.07) is 17.0. The smallest absolute Gasteiger partial charge is 0.305 e. The third-order valence-corrected chi connectivity index (χ3v) is 6.65. The second-order valence-corrected chi connectivity index (χ2v) is 9.75. The lowest BCUT2D eigenvalue weighted by Gasteiger charge is -2.24. The first-order valence-corrected chi connectivity index (χ1v) is 11.9. The van der Waals surface area contributed by atoms with Crippen LogP contribution in [0.25, 0.3) is 0 Å². The molecule has 3 aromatic rings. The van der Waals surface area contributed by atoms with E-state index < -0.39 is 17.4 Å². The van der Waals surface area contributed by atoms with Crippen molar-refractivity contribution in [3.05, 3.63) is 98.8 Å². The quantitative estimate of drug-likeness (QED) is 0.388. The van der Waals surface area contributed by atoms with E-state index in [1.807, 2.05) is 19.1 Å². The van der Waals surface area contributed by atoms with Gasteiger partial charge in [-0.15, -0.1) is 0 Å². The lowest BCUT2D eigenvalue weighted by molar-refractivity contribution is -0.137. The fourth-order valence-electron chi connectivity index (χ4n) is 4.33. The molecule has 35 heavy (non-hydrogen) atoms. The van der Waals surface area contributed by atoms with Crippen LogP contribution in [0.4, 0.5) is 4.39 Å². The van der Waals surface area contributed by atoms with Crippen LogP contribution in [-0.4, -0.2) is 34.0 Å². The summed E-state index contributed by atoms with van der Waals surface area (Å²) in [6.07, 6.45) is 0.892. The first-order valence-electron chi connectivity index (χ1n) is 11.1. The molecule has 1 N–H and O–H groups in total. The van der Waals surface area contributed by atoms with Gasteiger partial charge in [0.05, 0.1) is 11.4 Å². The van der Waals surface area contributed by atoms with Crippen molar-refractivity contribution in [1.82, 2.24) is 4.90 Å². The van der Waals surface area contributed by atoms with Crippen molar-refractivity contribution in [3.63, 3.8) is 0 Å². The van der Waals surface area contributed by atoms with Crippen LogP contribution < -0.4 is 4.74 Å². The van der Waals surface area contributed by atoms with Crippen molar-refractivity contribution in [1.29, 1.82) is 0 Å². The number of hydrogen-bond acceptors (Lipinski definition) is 3. The van der Waals surface area contributed by atoms with Gasteiger partial charge in [-0.3, -0.25) is 9.59 Å². The van der Waals surface area contributed by atoms with Crippen molar-refractivity contribution in [3.8, 4) is 5.75 Å². The SMILES string of the molecule is C[C@]1(Cc2ccc(F)c(Cl)c2)Cc2cc(C(=O)N(CCC(=O)O)Cc3ccccc3Cl)ccc2O1. The maximum atomic E-state index is 13.5. The number of rotatable bonds is 8. The van der Waals surface area contributed by atoms with Gasteiger partial charge in [0, 0.05) is 36.5 Å². The third-order valence-electron chi connectivity index (χ3n) is 5.99. The van der Waals surface area contributed by atoms with Gasteiger partial charge in [0.2, 0.25) is 0 Å². The largest absolute Gasteiger partial charge is 0.487 e. The van der Waals surface area contributed by atoms with E-state index in [2.05, 4.69) is 0 Å². The van der Waals surface area contributed by atoms with Gasteiger partial charge in [-0.25, -0.2) is 4.39 Å². The van der Waals surface area contributed by atoms with E-state index in [4.69, 9.17) is 33.0 Å². The molecule has 1 aliphatic heterocycles. The Morgan fingerprint density at radius 1 is 1.09 bits per heavy atom. The van der Waals surface area contributed by atoms with Gasteiger partial charge >= 0.3 is 5.97 Å². The molecule has 3 aromatic carbocycles. The molecule has 1 aliphatic rings. The minimum atomic E-state index is -0.985. The summed E-state index contributed by atoms with van der Waals surface area (Å²) in [7, 11) is 0. The van der Waals surface area contributed by atoms with Crippen LogP contribution >= 0.6 is 23.2 Å². The number of carboxylic acid groups (broad SMARTS) is 1. The van der Waals surface area contributed by atoms with E-state index in [1.54, 1.807) is 42.5 Å². The van der Waals surface area contributed by atoms with Gasteiger partial charge in [0.15, 0.2) is 0 Å². The molecule has 8 heteroatoms. The molecule has 0 bridgehead atoms. The number of amides is 1. The highest BCUT2D eigenvalue weighted by atomic mass is 35.5. The van der Waals surface area contributed by atoms with E-state index in [-0.39, 0.29) is 30.4 Å². The Kier molecular flexibility index (Phi) is 7.33. The molecule has 0 fully saturated rings. The van der Waals surface area contributed by atoms with Crippen LogP contribution in [-0.2, 0) is 24.2 Å². The zero-order valence-corrected chi connectivity index (χ0v) is 20.6. The number of halogens is 3. The highest BCUT2D eigenvalue weighted by Gasteiger charge is 2.35. The fraction of sp³-hybridized carbons (Fsp3) is 0.259. The molecule has 1 amide bonds. The zero-order valence-electron chi connectivity index (χ0n) is 19.1. The Bertz CT molecular complexity index is 1280. The van der Waals surface area contributed by atoms with Gasteiger partial charge in [-0.1, -0.05) is 47.5 Å². The number of nitrogens with zero attached hydrogens (tertiary/aromatic N) is 1. The molecule has 0 spiro atoms. The summed E-state index contributed by atoms with van der Waals surface area (Å²) in [5.74, 6) is -1.06. The molecule has 0 aromatic heterocycles. The van der Waals surface area contributed by atoms with Crippen molar-refractivity contribution in [2.24, 2.45) is 0 Å². The molecular weight excluding hydrogens is 492 g/mol. The number of carboxylic acids is 1. The Balaban J connectivity index is 1.53. The van der Waals surface area contributed by atoms with Crippen LogP contribution in [0, 0.1) is 5.82 Å². The van der Waals surface area contributed by atoms with Gasteiger partial charge in [-0.05, 0) is 60.0 Å². The van der Waals surface area contributed by atoms with Crippen molar-refractivity contribution >= 4 is 35.1 Å². The second kappa shape index (κ2) is 10.3. The van der Waals surface area contributed by atoms with Crippen LogP contribution in [0.5, 0.6) is 5.75 Å². The number of benzene rings is 3. The Hall–Kier alpha value is -3.09. The molecule has 0 radical (unpaired) electrons. The van der Waals surface area contributed by atoms with Crippen LogP contribution in [0.2, 0.25) is 10.0 Å². The maximum absolute atomic E-state index is 13.5. The molecule has 0 aliphatic carbocycles. The lowest BCUT2D eigenvalue weighted by atomic mass is 9.91. The Labute approximate surface area is 213 Å². The maximum Gasteiger partial charge on any atom is 0.305 e. The summed E-state index contributed by atoms with van der Waals surface area (Å²) in [6.45, 7) is 2.21. The highest BCUT2D eigenvalue weighted by Crippen LogP contribution is 2.38. The number of carbonyl (C=O) groups is 2. The van der Waals surface area contributed by atoms with Gasteiger partial charge in [0.25, 0.3) is 5.91 Å². The molecule has 1 heterocycles. The first-order chi connectivity index (χ1) is 16.6. The Morgan fingerprint density at radius 2 is 1.86 bits per heavy atom. The average molecular weight is 516 g/mol. The number of aliphatic carboxylic acids is 1. The summed E-state index contributed by atoms with van der Waals surface area (Å²) in [4.78, 5) is 26.1. The van der Waals surface area contributed by atoms with E-state index >= 15 is 0 Å². The topological polar surface area (TPSA) is 66.8 Å². The predicted molar refractivity (Wildman–Crippen MR) is 133 cm³/mol. The predicted octanol–water partition coefficient (Wildman–Crippen LogP) is 6.19. The highest BCUT2D eigenvalue weighted by molar-refractivity contribution is 6.31. The number of carbonyl (C=O) groups excluding carboxylic acids is 1. The number of hydrogen-bond donors (Lipinski definition) is 1. The molecule has 0 saturated carbocycles. The van der Waals surface area contributed by atoms with E-state index in [9.17, 15) is 14.0 Å². The third kappa shape index (κ3) is 5.95. The molecule has 0 saturated heterocycles. The summed E-state index contributed by atoms with van der Waals surface area (Å²) < 4.78 is 19.7. The van der Waals surface area contributed by atoms with Gasteiger partial charge < -0.3 is 14.7 Å². The fourth-order valence-corrected chi connectivity index (χ4v) is 4.73. The number of fused-ring (bicyclic) bond motifs is 1. The molecule has 182 valence electrons. The summed E-state index contributed by atoms with van der Waals surface area (Å²) in [5, 5.41) is 9.74. The molecule has 0 unspecified atom stereocenters. The van der Waals surface area contributed by atoms with E-state index in [0.29, 0.717) is 29.2 Å². The van der Waals surface area contributed by atoms with Crippen LogP contribution in [0.3, 0.4) is 0 Å². The standard InChI is InChI=1S/C27H24Cl2FNO4/c1-27(14-17-6-8-23(30)22(29)12-17)15-20-13-18(7-9-24(20)35-27)26(34)31(11-10-25(32)33)16-19-4-2-3-5-21(19)28/h2-9,12-13H,10-11,14-16H2,1H3,(H,32,33)/t27-/m0/s1. The van der Waals surface area contributed by atoms with Crippen LogP contribution in [0.15, 0.2) is 60.7 Å². The summed E-state index contributed by atoms with van der Waals surface area (Å²) in [5.41, 5.74) is 2.33. The zero-order chi connectivity index (χ0) is 25.2. The minimum Gasteiger partial charge on any atom is -0.487 e. The first kappa shape index (κ1) is 25.0. The van der Waals surface area contributed by atoms with Gasteiger partial charge in [-0.2, -0.15) is 0 Å². The average Bonchev–Trinajstić information content (AvgIpc) is 3.14. The minimum absolute atomic E-state index is 0.0516. The van der Waals surface area contributed by atoms with Crippen LogP contribution in [0.1, 0.15) is 40.4 Å². The van der Waals surface area contributed by atoms with Crippen molar-refractivity contribution in [2.75, 3.05) is 6.54 Å². The normalized spacial score (nSPS) is 16.5. The van der Waals surface area contributed by atoms with Crippen molar-refractivity contribution < 1.29 is 23.8 Å².